The summed E-state index contributed by atoms with van der Waals surface area (Å²) in [5.74, 6) is -0.367. The van der Waals surface area contributed by atoms with Crippen LogP contribution in [0.2, 0.25) is 0 Å². The van der Waals surface area contributed by atoms with Crippen molar-refractivity contribution in [2.75, 3.05) is 18.9 Å². The molecule has 2 aromatic carbocycles. The number of benzene rings is 2. The van der Waals surface area contributed by atoms with Crippen molar-refractivity contribution in [1.82, 2.24) is 4.31 Å². The zero-order valence-corrected chi connectivity index (χ0v) is 15.9. The zero-order chi connectivity index (χ0) is 18.6. The first-order chi connectivity index (χ1) is 11.8. The van der Waals surface area contributed by atoms with E-state index in [0.717, 1.165) is 33.1 Å². The quantitative estimate of drug-likeness (QED) is 0.861. The summed E-state index contributed by atoms with van der Waals surface area (Å²) in [6.07, 6.45) is 0.842. The molecular formula is C19H24N2O3S. The molecule has 2 aromatic rings. The monoisotopic (exact) mass is 360 g/mol. The van der Waals surface area contributed by atoms with Crippen molar-refractivity contribution in [3.05, 3.63) is 59.2 Å². The van der Waals surface area contributed by atoms with Crippen LogP contribution in [0.15, 0.2) is 47.4 Å². The molecule has 25 heavy (non-hydrogen) atoms. The number of likely N-dealkylation sites (N-methyl/N-ethyl adjacent to an activating group) is 1. The molecule has 0 saturated heterocycles. The van der Waals surface area contributed by atoms with Gasteiger partial charge in [0.1, 0.15) is 0 Å². The van der Waals surface area contributed by atoms with E-state index in [1.54, 1.807) is 24.3 Å². The third-order valence-electron chi connectivity index (χ3n) is 4.15. The highest BCUT2D eigenvalue weighted by molar-refractivity contribution is 7.89. The maximum absolute atomic E-state index is 12.6. The number of para-hydroxylation sites is 1. The lowest BCUT2D eigenvalue weighted by molar-refractivity contribution is -0.116. The van der Waals surface area contributed by atoms with E-state index < -0.39 is 10.0 Å². The lowest BCUT2D eigenvalue weighted by Crippen LogP contribution is -2.35. The molecular weight excluding hydrogens is 336 g/mol. The first kappa shape index (κ1) is 19.1. The molecule has 0 unspecified atom stereocenters. The summed E-state index contributed by atoms with van der Waals surface area (Å²) in [4.78, 5) is 12.5. The van der Waals surface area contributed by atoms with E-state index in [4.69, 9.17) is 0 Å². The topological polar surface area (TPSA) is 66.5 Å². The highest BCUT2D eigenvalue weighted by Gasteiger charge is 2.23. The smallest absolute Gasteiger partial charge is 0.243 e. The fourth-order valence-corrected chi connectivity index (χ4v) is 3.68. The Labute approximate surface area is 149 Å². The number of carbonyl (C=O) groups excluding carboxylic acids is 1. The summed E-state index contributed by atoms with van der Waals surface area (Å²) in [5.41, 5.74) is 3.67. The Hall–Kier alpha value is -2.18. The highest BCUT2D eigenvalue weighted by Crippen LogP contribution is 2.20. The minimum absolute atomic E-state index is 0.187. The first-order valence-electron chi connectivity index (χ1n) is 8.17. The number of carbonyl (C=O) groups is 1. The Bertz CT molecular complexity index is 838. The molecule has 134 valence electrons. The standard InChI is InChI=1S/C19H24N2O3S/c1-5-16-9-11-17(12-10-16)25(23,24)21(4)13-18(22)20-19-14(2)7-6-8-15(19)3/h6-12H,5,13H2,1-4H3,(H,20,22). The molecule has 0 saturated carbocycles. The Morgan fingerprint density at radius 1 is 1.04 bits per heavy atom. The van der Waals surface area contributed by atoms with Crippen LogP contribution in [0.1, 0.15) is 23.6 Å². The summed E-state index contributed by atoms with van der Waals surface area (Å²) >= 11 is 0. The van der Waals surface area contributed by atoms with Crippen molar-refractivity contribution < 1.29 is 13.2 Å². The van der Waals surface area contributed by atoms with E-state index >= 15 is 0 Å². The molecule has 0 aliphatic carbocycles. The minimum Gasteiger partial charge on any atom is -0.324 e. The lowest BCUT2D eigenvalue weighted by Gasteiger charge is -2.18. The van der Waals surface area contributed by atoms with E-state index in [2.05, 4.69) is 5.32 Å². The number of hydrogen-bond acceptors (Lipinski definition) is 3. The van der Waals surface area contributed by atoms with Gasteiger partial charge in [-0.3, -0.25) is 4.79 Å². The SMILES string of the molecule is CCc1ccc(S(=O)(=O)N(C)CC(=O)Nc2c(C)cccc2C)cc1. The summed E-state index contributed by atoms with van der Waals surface area (Å²) in [6.45, 7) is 5.57. The number of sulfonamides is 1. The van der Waals surface area contributed by atoms with E-state index in [1.165, 1.54) is 7.05 Å². The van der Waals surface area contributed by atoms with Crippen LogP contribution in [0.5, 0.6) is 0 Å². The molecule has 5 nitrogen and oxygen atoms in total. The molecule has 0 atom stereocenters. The summed E-state index contributed by atoms with van der Waals surface area (Å²) < 4.78 is 26.3. The molecule has 0 aromatic heterocycles. The average molecular weight is 360 g/mol. The third-order valence-corrected chi connectivity index (χ3v) is 5.97. The van der Waals surface area contributed by atoms with Crippen molar-refractivity contribution in [3.8, 4) is 0 Å². The van der Waals surface area contributed by atoms with Gasteiger partial charge in [-0.1, -0.05) is 37.3 Å². The Kier molecular flexibility index (Phi) is 5.98. The van der Waals surface area contributed by atoms with Gasteiger partial charge < -0.3 is 5.32 Å². The normalized spacial score (nSPS) is 11.6. The number of aryl methyl sites for hydroxylation is 3. The van der Waals surface area contributed by atoms with Gasteiger partial charge in [0.05, 0.1) is 11.4 Å². The van der Waals surface area contributed by atoms with Crippen LogP contribution in [0.25, 0.3) is 0 Å². The van der Waals surface area contributed by atoms with Crippen LogP contribution in [-0.2, 0) is 21.2 Å². The predicted octanol–water partition coefficient (Wildman–Crippen LogP) is 3.13. The number of nitrogens with one attached hydrogen (secondary N) is 1. The summed E-state index contributed by atoms with van der Waals surface area (Å²) in [5, 5.41) is 2.81. The van der Waals surface area contributed by atoms with Gasteiger partial charge in [0, 0.05) is 12.7 Å². The zero-order valence-electron chi connectivity index (χ0n) is 15.0. The molecule has 1 amide bonds. The van der Waals surface area contributed by atoms with Crippen molar-refractivity contribution in [3.63, 3.8) is 0 Å². The maximum Gasteiger partial charge on any atom is 0.243 e. The summed E-state index contributed by atoms with van der Waals surface area (Å²) in [6, 6.07) is 12.4. The third kappa shape index (κ3) is 4.46. The molecule has 0 radical (unpaired) electrons. The molecule has 1 N–H and O–H groups in total. The molecule has 0 bridgehead atoms. The molecule has 6 heteroatoms. The second kappa shape index (κ2) is 7.80. The van der Waals surface area contributed by atoms with Gasteiger partial charge in [-0.05, 0) is 49.1 Å². The van der Waals surface area contributed by atoms with E-state index in [1.807, 2.05) is 39.0 Å². The van der Waals surface area contributed by atoms with Crippen molar-refractivity contribution in [2.24, 2.45) is 0 Å². The average Bonchev–Trinajstić information content (AvgIpc) is 2.58. The van der Waals surface area contributed by atoms with Crippen LogP contribution in [0.3, 0.4) is 0 Å². The highest BCUT2D eigenvalue weighted by atomic mass is 32.2. The molecule has 2 rings (SSSR count). The second-order valence-corrected chi connectivity index (χ2v) is 8.12. The van der Waals surface area contributed by atoms with Crippen LogP contribution >= 0.6 is 0 Å². The van der Waals surface area contributed by atoms with E-state index in [9.17, 15) is 13.2 Å². The minimum atomic E-state index is -3.70. The fourth-order valence-electron chi connectivity index (χ4n) is 2.55. The van der Waals surface area contributed by atoms with Gasteiger partial charge in [-0.2, -0.15) is 4.31 Å². The maximum atomic E-state index is 12.6. The van der Waals surface area contributed by atoms with Crippen molar-refractivity contribution in [2.45, 2.75) is 32.1 Å². The number of anilines is 1. The van der Waals surface area contributed by atoms with Gasteiger partial charge in [0.2, 0.25) is 15.9 Å². The summed E-state index contributed by atoms with van der Waals surface area (Å²) in [7, 11) is -2.29. The van der Waals surface area contributed by atoms with E-state index in [0.29, 0.717) is 0 Å². The lowest BCUT2D eigenvalue weighted by atomic mass is 10.1. The second-order valence-electron chi connectivity index (χ2n) is 6.07. The van der Waals surface area contributed by atoms with E-state index in [-0.39, 0.29) is 17.3 Å². The number of nitrogens with zero attached hydrogens (tertiary/aromatic N) is 1. The first-order valence-corrected chi connectivity index (χ1v) is 9.61. The molecule has 0 heterocycles. The predicted molar refractivity (Wildman–Crippen MR) is 100 cm³/mol. The van der Waals surface area contributed by atoms with Crippen molar-refractivity contribution >= 4 is 21.6 Å². The Morgan fingerprint density at radius 3 is 2.12 bits per heavy atom. The van der Waals surface area contributed by atoms with Crippen LogP contribution in [0, 0.1) is 13.8 Å². The van der Waals surface area contributed by atoms with Crippen LogP contribution < -0.4 is 5.32 Å². The largest absolute Gasteiger partial charge is 0.324 e. The van der Waals surface area contributed by atoms with Crippen molar-refractivity contribution in [1.29, 1.82) is 0 Å². The van der Waals surface area contributed by atoms with Gasteiger partial charge in [0.25, 0.3) is 0 Å². The van der Waals surface area contributed by atoms with Gasteiger partial charge in [-0.25, -0.2) is 8.42 Å². The molecule has 0 aliphatic heterocycles. The molecule has 0 spiro atoms. The number of hydrogen-bond donors (Lipinski definition) is 1. The molecule has 0 fully saturated rings. The Morgan fingerprint density at radius 2 is 1.60 bits per heavy atom. The van der Waals surface area contributed by atoms with Gasteiger partial charge >= 0.3 is 0 Å². The number of amides is 1. The Balaban J connectivity index is 2.11. The van der Waals surface area contributed by atoms with Gasteiger partial charge in [0.15, 0.2) is 0 Å². The van der Waals surface area contributed by atoms with Crippen LogP contribution in [0.4, 0.5) is 5.69 Å². The van der Waals surface area contributed by atoms with Crippen LogP contribution in [-0.4, -0.2) is 32.2 Å². The number of rotatable bonds is 6. The van der Waals surface area contributed by atoms with Gasteiger partial charge in [-0.15, -0.1) is 0 Å². The molecule has 0 aliphatic rings. The fraction of sp³-hybridized carbons (Fsp3) is 0.316.